The number of hydrogen-bond acceptors (Lipinski definition) is 3. The number of aliphatic carboxylic acids is 1. The molecule has 37 heavy (non-hydrogen) atoms. The summed E-state index contributed by atoms with van der Waals surface area (Å²) < 4.78 is -0.878. The quantitative estimate of drug-likeness (QED) is 0.201. The first-order chi connectivity index (χ1) is 17.8. The maximum atomic E-state index is 12.4. The van der Waals surface area contributed by atoms with Crippen molar-refractivity contribution in [1.29, 1.82) is 0 Å². The summed E-state index contributed by atoms with van der Waals surface area (Å²) in [5.41, 5.74) is 6.24. The van der Waals surface area contributed by atoms with Crippen molar-refractivity contribution in [1.82, 2.24) is 10.6 Å². The Bertz CT molecular complexity index is 1210. The monoisotopic (exact) mass is 516 g/mol. The molecule has 4 rings (SSSR count). The summed E-state index contributed by atoms with van der Waals surface area (Å²) in [6, 6.07) is 25.3. The number of benzene rings is 3. The van der Waals surface area contributed by atoms with Crippen LogP contribution in [0.5, 0.6) is 0 Å². The van der Waals surface area contributed by atoms with Crippen molar-refractivity contribution in [3.8, 4) is 11.1 Å². The zero-order chi connectivity index (χ0) is 26.3. The summed E-state index contributed by atoms with van der Waals surface area (Å²) in [6.45, 7) is 4.10. The molecule has 1 aliphatic carbocycles. The third kappa shape index (κ3) is 7.62. The molecule has 194 valence electrons. The molecule has 0 heterocycles. The van der Waals surface area contributed by atoms with Crippen LogP contribution in [-0.2, 0) is 24.1 Å². The van der Waals surface area contributed by atoms with Gasteiger partial charge in [-0.25, -0.2) is 4.79 Å². The summed E-state index contributed by atoms with van der Waals surface area (Å²) in [5, 5.41) is 15.5. The SMILES string of the molecule is CC(C)(Sc1ccc2c(c1)CC(NC(=O)NCCCCCc1ccc(-c3ccccc3)cc1)C2)C(=O)O. The number of amides is 2. The number of carbonyl (C=O) groups is 2. The number of rotatable bonds is 11. The van der Waals surface area contributed by atoms with Gasteiger partial charge in [0.15, 0.2) is 0 Å². The maximum absolute atomic E-state index is 12.4. The average Bonchev–Trinajstić information content (AvgIpc) is 3.28. The van der Waals surface area contributed by atoms with Crippen LogP contribution in [-0.4, -0.2) is 34.4 Å². The Morgan fingerprint density at radius 2 is 1.59 bits per heavy atom. The number of thioether (sulfide) groups is 1. The van der Waals surface area contributed by atoms with Gasteiger partial charge in [0, 0.05) is 17.5 Å². The molecule has 0 saturated heterocycles. The lowest BCUT2D eigenvalue weighted by Crippen LogP contribution is -2.42. The lowest BCUT2D eigenvalue weighted by Gasteiger charge is -2.18. The molecule has 6 heteroatoms. The van der Waals surface area contributed by atoms with Crippen molar-refractivity contribution in [2.45, 2.75) is 68.1 Å². The van der Waals surface area contributed by atoms with E-state index in [0.717, 1.165) is 43.4 Å². The summed E-state index contributed by atoms with van der Waals surface area (Å²) in [7, 11) is 0. The second-order valence-corrected chi connectivity index (χ2v) is 11.9. The van der Waals surface area contributed by atoms with Gasteiger partial charge in [0.05, 0.1) is 0 Å². The molecule has 0 bridgehead atoms. The topological polar surface area (TPSA) is 78.4 Å². The standard InChI is InChI=1S/C31H36N2O3S/c1-31(2,29(34)35)37-28-17-16-25-19-27(20-26(25)21-28)33-30(36)32-18-8-4-5-9-22-12-14-24(15-13-22)23-10-6-3-7-11-23/h3,6-7,10-17,21,27H,4-5,8-9,18-20H2,1-2H3,(H,34,35)(H2,32,33,36). The summed E-state index contributed by atoms with van der Waals surface area (Å²) in [5.74, 6) is -0.827. The van der Waals surface area contributed by atoms with E-state index in [1.807, 2.05) is 12.1 Å². The molecule has 3 aromatic carbocycles. The van der Waals surface area contributed by atoms with Crippen LogP contribution in [0.15, 0.2) is 77.7 Å². The van der Waals surface area contributed by atoms with Crippen molar-refractivity contribution in [3.63, 3.8) is 0 Å². The number of carboxylic acid groups (broad SMARTS) is 1. The fourth-order valence-electron chi connectivity index (χ4n) is 4.66. The Kier molecular flexibility index (Phi) is 8.93. The molecule has 0 saturated carbocycles. The van der Waals surface area contributed by atoms with Gasteiger partial charge < -0.3 is 15.7 Å². The Labute approximate surface area is 224 Å². The molecule has 3 N–H and O–H groups in total. The first kappa shape index (κ1) is 26.8. The molecule has 1 unspecified atom stereocenters. The molecule has 0 aliphatic heterocycles. The summed E-state index contributed by atoms with van der Waals surface area (Å²) >= 11 is 1.35. The van der Waals surface area contributed by atoms with Crippen LogP contribution in [0.1, 0.15) is 49.8 Å². The molecule has 1 aliphatic rings. The second kappa shape index (κ2) is 12.3. The lowest BCUT2D eigenvalue weighted by molar-refractivity contribution is -0.138. The molecular weight excluding hydrogens is 480 g/mol. The summed E-state index contributed by atoms with van der Waals surface area (Å²) in [6.07, 6.45) is 5.76. The Balaban J connectivity index is 1.12. The van der Waals surface area contributed by atoms with Crippen molar-refractivity contribution < 1.29 is 14.7 Å². The van der Waals surface area contributed by atoms with Gasteiger partial charge in [-0.2, -0.15) is 0 Å². The molecule has 0 radical (unpaired) electrons. The molecule has 0 spiro atoms. The van der Waals surface area contributed by atoms with E-state index in [1.54, 1.807) is 13.8 Å². The number of nitrogens with one attached hydrogen (secondary N) is 2. The van der Waals surface area contributed by atoms with Crippen LogP contribution in [0.4, 0.5) is 4.79 Å². The predicted octanol–water partition coefficient (Wildman–Crippen LogP) is 6.49. The highest BCUT2D eigenvalue weighted by atomic mass is 32.2. The van der Waals surface area contributed by atoms with Gasteiger partial charge in [-0.3, -0.25) is 4.79 Å². The zero-order valence-electron chi connectivity index (χ0n) is 21.6. The normalized spacial score (nSPS) is 14.7. The minimum Gasteiger partial charge on any atom is -0.480 e. The van der Waals surface area contributed by atoms with Crippen molar-refractivity contribution in [2.75, 3.05) is 6.54 Å². The van der Waals surface area contributed by atoms with Gasteiger partial charge in [0.1, 0.15) is 4.75 Å². The van der Waals surface area contributed by atoms with Gasteiger partial charge in [0.25, 0.3) is 0 Å². The first-order valence-electron chi connectivity index (χ1n) is 13.0. The molecule has 0 fully saturated rings. The van der Waals surface area contributed by atoms with Crippen molar-refractivity contribution >= 4 is 23.8 Å². The third-order valence-corrected chi connectivity index (χ3v) is 8.00. The van der Waals surface area contributed by atoms with E-state index in [-0.39, 0.29) is 12.1 Å². The molecular formula is C31H36N2O3S. The van der Waals surface area contributed by atoms with Crippen molar-refractivity contribution in [3.05, 3.63) is 89.5 Å². The number of unbranched alkanes of at least 4 members (excludes halogenated alkanes) is 2. The van der Waals surface area contributed by atoms with Gasteiger partial charge >= 0.3 is 12.0 Å². The number of carboxylic acids is 1. The number of hydrogen-bond donors (Lipinski definition) is 3. The molecule has 0 aromatic heterocycles. The Hall–Kier alpha value is -3.25. The minimum absolute atomic E-state index is 0.0709. The molecule has 1 atom stereocenters. The zero-order valence-corrected chi connectivity index (χ0v) is 22.4. The Morgan fingerprint density at radius 3 is 2.32 bits per heavy atom. The third-order valence-electron chi connectivity index (χ3n) is 6.82. The van der Waals surface area contributed by atoms with E-state index >= 15 is 0 Å². The fourth-order valence-corrected chi connectivity index (χ4v) is 5.68. The predicted molar refractivity (Wildman–Crippen MR) is 151 cm³/mol. The second-order valence-electron chi connectivity index (χ2n) is 10.2. The van der Waals surface area contributed by atoms with Crippen molar-refractivity contribution in [2.24, 2.45) is 0 Å². The average molecular weight is 517 g/mol. The summed E-state index contributed by atoms with van der Waals surface area (Å²) in [4.78, 5) is 24.8. The first-order valence-corrected chi connectivity index (χ1v) is 13.8. The largest absolute Gasteiger partial charge is 0.480 e. The molecule has 2 amide bonds. The van der Waals surface area contributed by atoms with E-state index < -0.39 is 10.7 Å². The van der Waals surface area contributed by atoms with Crippen LogP contribution in [0.25, 0.3) is 11.1 Å². The van der Waals surface area contributed by atoms with Crippen LogP contribution < -0.4 is 10.6 Å². The van der Waals surface area contributed by atoms with Gasteiger partial charge in [-0.15, -0.1) is 11.8 Å². The lowest BCUT2D eigenvalue weighted by atomic mass is 10.0. The van der Waals surface area contributed by atoms with E-state index in [4.69, 9.17) is 0 Å². The number of fused-ring (bicyclic) bond motifs is 1. The van der Waals surface area contributed by atoms with Crippen LogP contribution >= 0.6 is 11.8 Å². The van der Waals surface area contributed by atoms with Crippen LogP contribution in [0.2, 0.25) is 0 Å². The fraction of sp³-hybridized carbons (Fsp3) is 0.355. The van der Waals surface area contributed by atoms with E-state index in [1.165, 1.54) is 39.6 Å². The van der Waals surface area contributed by atoms with E-state index in [9.17, 15) is 14.7 Å². The highest BCUT2D eigenvalue weighted by molar-refractivity contribution is 8.01. The maximum Gasteiger partial charge on any atom is 0.319 e. The van der Waals surface area contributed by atoms with E-state index in [2.05, 4.69) is 71.3 Å². The van der Waals surface area contributed by atoms with Crippen LogP contribution in [0, 0.1) is 0 Å². The molecule has 3 aromatic rings. The minimum atomic E-state index is -0.878. The number of carbonyl (C=O) groups excluding carboxylic acids is 1. The van der Waals surface area contributed by atoms with Gasteiger partial charge in [0.2, 0.25) is 0 Å². The number of aryl methyl sites for hydroxylation is 1. The molecule has 5 nitrogen and oxygen atoms in total. The highest BCUT2D eigenvalue weighted by Crippen LogP contribution is 2.35. The highest BCUT2D eigenvalue weighted by Gasteiger charge is 2.29. The van der Waals surface area contributed by atoms with E-state index in [0.29, 0.717) is 6.54 Å². The smallest absolute Gasteiger partial charge is 0.319 e. The Morgan fingerprint density at radius 1 is 0.892 bits per heavy atom. The van der Waals surface area contributed by atoms with Crippen LogP contribution in [0.3, 0.4) is 0 Å². The number of urea groups is 1. The van der Waals surface area contributed by atoms with Gasteiger partial charge in [-0.1, -0.05) is 67.1 Å². The van der Waals surface area contributed by atoms with Gasteiger partial charge in [-0.05, 0) is 85.9 Å².